The van der Waals surface area contributed by atoms with Gasteiger partial charge in [-0.1, -0.05) is 12.1 Å². The van der Waals surface area contributed by atoms with Crippen LogP contribution in [-0.2, 0) is 4.84 Å². The van der Waals surface area contributed by atoms with E-state index in [4.69, 9.17) is 20.2 Å². The largest absolute Gasteiger partial charge is 0.486 e. The van der Waals surface area contributed by atoms with E-state index in [1.165, 1.54) is 0 Å². The van der Waals surface area contributed by atoms with Gasteiger partial charge in [0.2, 0.25) is 0 Å². The van der Waals surface area contributed by atoms with Gasteiger partial charge in [-0.3, -0.25) is 0 Å². The lowest BCUT2D eigenvalue weighted by Gasteiger charge is -2.31. The molecule has 0 amide bonds. The molecule has 0 saturated heterocycles. The predicted octanol–water partition coefficient (Wildman–Crippen LogP) is 1.50. The molecule has 4 heteroatoms. The average molecular weight is 221 g/mol. The number of nitrogens with two attached hydrogens (primary N) is 1. The minimum absolute atomic E-state index is 0.0611. The van der Waals surface area contributed by atoms with Gasteiger partial charge in [0, 0.05) is 5.41 Å². The first-order chi connectivity index (χ1) is 7.84. The fraction of sp³-hybridized carbons (Fsp3) is 0.500. The minimum atomic E-state index is 0.0611. The van der Waals surface area contributed by atoms with Gasteiger partial charge in [-0.2, -0.15) is 0 Å². The Bertz CT molecular complexity index is 390. The van der Waals surface area contributed by atoms with Gasteiger partial charge in [-0.15, -0.1) is 0 Å². The van der Waals surface area contributed by atoms with Gasteiger partial charge in [-0.05, 0) is 25.0 Å². The van der Waals surface area contributed by atoms with E-state index < -0.39 is 0 Å². The molecule has 1 fully saturated rings. The van der Waals surface area contributed by atoms with Crippen molar-refractivity contribution in [2.75, 3.05) is 13.2 Å². The maximum Gasteiger partial charge on any atom is 0.161 e. The Labute approximate surface area is 94.2 Å². The third-order valence-corrected chi connectivity index (χ3v) is 3.45. The molecule has 2 N–H and O–H groups in total. The Morgan fingerprint density at radius 3 is 2.75 bits per heavy atom. The van der Waals surface area contributed by atoms with Crippen molar-refractivity contribution in [2.24, 2.45) is 11.3 Å². The highest BCUT2D eigenvalue weighted by Crippen LogP contribution is 2.51. The lowest BCUT2D eigenvalue weighted by Crippen LogP contribution is -2.40. The van der Waals surface area contributed by atoms with Crippen LogP contribution in [0.4, 0.5) is 0 Å². The first kappa shape index (κ1) is 9.93. The molecule has 0 spiro atoms. The molecule has 1 aromatic carbocycles. The maximum atomic E-state index is 5.95. The summed E-state index contributed by atoms with van der Waals surface area (Å²) < 4.78 is 11.6. The van der Waals surface area contributed by atoms with Crippen LogP contribution in [-0.4, -0.2) is 19.3 Å². The van der Waals surface area contributed by atoms with E-state index in [-0.39, 0.29) is 11.5 Å². The van der Waals surface area contributed by atoms with Crippen LogP contribution >= 0.6 is 0 Å². The van der Waals surface area contributed by atoms with Crippen molar-refractivity contribution < 1.29 is 14.3 Å². The van der Waals surface area contributed by atoms with Gasteiger partial charge < -0.3 is 14.3 Å². The molecule has 1 aliphatic carbocycles. The lowest BCUT2D eigenvalue weighted by atomic mass is 10.0. The summed E-state index contributed by atoms with van der Waals surface area (Å²) in [5.41, 5.74) is 0.0717. The van der Waals surface area contributed by atoms with Crippen LogP contribution in [0.25, 0.3) is 0 Å². The van der Waals surface area contributed by atoms with Crippen LogP contribution in [0, 0.1) is 5.41 Å². The highest BCUT2D eigenvalue weighted by molar-refractivity contribution is 5.41. The second-order valence-corrected chi connectivity index (χ2v) is 4.54. The summed E-state index contributed by atoms with van der Waals surface area (Å²) in [4.78, 5) is 4.77. The molecule has 0 aromatic heterocycles. The molecule has 1 unspecified atom stereocenters. The number of hydrogen-bond acceptors (Lipinski definition) is 4. The first-order valence-electron chi connectivity index (χ1n) is 5.54. The fourth-order valence-corrected chi connectivity index (χ4v) is 2.21. The van der Waals surface area contributed by atoms with Crippen molar-refractivity contribution in [1.29, 1.82) is 0 Å². The molecule has 0 bridgehead atoms. The zero-order chi connectivity index (χ0) is 11.0. The van der Waals surface area contributed by atoms with Crippen LogP contribution in [0.3, 0.4) is 0 Å². The smallest absolute Gasteiger partial charge is 0.161 e. The number of hydrogen-bond donors (Lipinski definition) is 1. The number of para-hydroxylation sites is 2. The summed E-state index contributed by atoms with van der Waals surface area (Å²) in [5, 5.41) is 0. The third-order valence-electron chi connectivity index (χ3n) is 3.45. The van der Waals surface area contributed by atoms with Gasteiger partial charge >= 0.3 is 0 Å². The molecule has 16 heavy (non-hydrogen) atoms. The molecule has 3 rings (SSSR count). The average Bonchev–Trinajstić information content (AvgIpc) is 3.10. The van der Waals surface area contributed by atoms with E-state index >= 15 is 0 Å². The van der Waals surface area contributed by atoms with Gasteiger partial charge in [0.05, 0.1) is 6.61 Å². The molecule has 1 heterocycles. The Balaban J connectivity index is 1.78. The van der Waals surface area contributed by atoms with Crippen molar-refractivity contribution in [3.63, 3.8) is 0 Å². The first-order valence-corrected chi connectivity index (χ1v) is 5.54. The van der Waals surface area contributed by atoms with Gasteiger partial charge in [0.1, 0.15) is 12.7 Å². The Morgan fingerprint density at radius 1 is 1.31 bits per heavy atom. The standard InChI is InChI=1S/C12H15NO3/c13-15-8-12(5-6-12)11-7-14-9-3-1-2-4-10(9)16-11/h1-4,11H,5-8,13H2. The fourth-order valence-electron chi connectivity index (χ4n) is 2.21. The van der Waals surface area contributed by atoms with Gasteiger partial charge in [0.15, 0.2) is 11.5 Å². The predicted molar refractivity (Wildman–Crippen MR) is 58.2 cm³/mol. The summed E-state index contributed by atoms with van der Waals surface area (Å²) in [5.74, 6) is 6.80. The zero-order valence-electron chi connectivity index (χ0n) is 9.02. The molecule has 1 aromatic rings. The van der Waals surface area contributed by atoms with Crippen LogP contribution in [0.5, 0.6) is 11.5 Å². The topological polar surface area (TPSA) is 53.7 Å². The third kappa shape index (κ3) is 1.54. The molecule has 1 saturated carbocycles. The second kappa shape index (κ2) is 3.64. The van der Waals surface area contributed by atoms with Gasteiger partial charge in [0.25, 0.3) is 0 Å². The zero-order valence-corrected chi connectivity index (χ0v) is 9.02. The molecule has 1 atom stereocenters. The Hall–Kier alpha value is -1.26. The van der Waals surface area contributed by atoms with E-state index in [0.717, 1.165) is 24.3 Å². The summed E-state index contributed by atoms with van der Waals surface area (Å²) in [6, 6.07) is 7.74. The van der Waals surface area contributed by atoms with Crippen LogP contribution in [0.1, 0.15) is 12.8 Å². The van der Waals surface area contributed by atoms with Crippen molar-refractivity contribution in [3.8, 4) is 11.5 Å². The van der Waals surface area contributed by atoms with E-state index in [9.17, 15) is 0 Å². The number of rotatable bonds is 3. The number of benzene rings is 1. The molecule has 1 aliphatic heterocycles. The van der Waals surface area contributed by atoms with E-state index in [0.29, 0.717) is 13.2 Å². The highest BCUT2D eigenvalue weighted by Gasteiger charge is 2.52. The molecular weight excluding hydrogens is 206 g/mol. The number of fused-ring (bicyclic) bond motifs is 1. The summed E-state index contributed by atoms with van der Waals surface area (Å²) in [7, 11) is 0. The van der Waals surface area contributed by atoms with E-state index in [2.05, 4.69) is 0 Å². The van der Waals surface area contributed by atoms with Crippen molar-refractivity contribution in [1.82, 2.24) is 0 Å². The number of ether oxygens (including phenoxy) is 2. The molecule has 86 valence electrons. The monoisotopic (exact) mass is 221 g/mol. The van der Waals surface area contributed by atoms with Crippen molar-refractivity contribution in [3.05, 3.63) is 24.3 Å². The summed E-state index contributed by atoms with van der Waals surface area (Å²) in [6.45, 7) is 1.13. The Morgan fingerprint density at radius 2 is 2.06 bits per heavy atom. The van der Waals surface area contributed by atoms with Crippen molar-refractivity contribution in [2.45, 2.75) is 18.9 Å². The van der Waals surface area contributed by atoms with Crippen molar-refractivity contribution >= 4 is 0 Å². The van der Waals surface area contributed by atoms with Gasteiger partial charge in [-0.25, -0.2) is 5.90 Å². The molecule has 0 radical (unpaired) electrons. The maximum absolute atomic E-state index is 5.95. The van der Waals surface area contributed by atoms with E-state index in [1.54, 1.807) is 0 Å². The normalized spacial score (nSPS) is 25.2. The van der Waals surface area contributed by atoms with E-state index in [1.807, 2.05) is 24.3 Å². The molecule has 4 nitrogen and oxygen atoms in total. The minimum Gasteiger partial charge on any atom is -0.486 e. The van der Waals surface area contributed by atoms with Crippen LogP contribution in [0.2, 0.25) is 0 Å². The molecule has 2 aliphatic rings. The molecular formula is C12H15NO3. The Kier molecular flexibility index (Phi) is 2.26. The summed E-state index contributed by atoms with van der Waals surface area (Å²) >= 11 is 0. The quantitative estimate of drug-likeness (QED) is 0.786. The lowest BCUT2D eigenvalue weighted by molar-refractivity contribution is -0.0115. The van der Waals surface area contributed by atoms with Crippen LogP contribution < -0.4 is 15.4 Å². The highest BCUT2D eigenvalue weighted by atomic mass is 16.6. The summed E-state index contributed by atoms with van der Waals surface area (Å²) in [6.07, 6.45) is 2.26. The SMILES string of the molecule is NOCC1(C2COc3ccccc3O2)CC1. The second-order valence-electron chi connectivity index (χ2n) is 4.54. The van der Waals surface area contributed by atoms with Crippen LogP contribution in [0.15, 0.2) is 24.3 Å².